The zero-order valence-electron chi connectivity index (χ0n) is 8.68. The van der Waals surface area contributed by atoms with Gasteiger partial charge in [-0.05, 0) is 12.1 Å². The molecule has 0 atom stereocenters. The minimum absolute atomic E-state index is 0.220. The van der Waals surface area contributed by atoms with E-state index in [1.54, 1.807) is 17.0 Å². The first-order valence-electron chi connectivity index (χ1n) is 4.72. The van der Waals surface area contributed by atoms with E-state index in [4.69, 9.17) is 16.9 Å². The van der Waals surface area contributed by atoms with Gasteiger partial charge in [-0.2, -0.15) is 5.26 Å². The Morgan fingerprint density at radius 3 is 2.75 bits per heavy atom. The molecular formula is C11H9ClN4. The Morgan fingerprint density at radius 1 is 1.44 bits per heavy atom. The molecule has 0 bridgehead atoms. The smallest absolute Gasteiger partial charge is 0.141 e. The lowest BCUT2D eigenvalue weighted by atomic mass is 10.2. The van der Waals surface area contributed by atoms with Crippen molar-refractivity contribution >= 4 is 11.6 Å². The predicted molar refractivity (Wildman–Crippen MR) is 60.8 cm³/mol. The Morgan fingerprint density at radius 2 is 2.12 bits per heavy atom. The second kappa shape index (κ2) is 4.33. The van der Waals surface area contributed by atoms with Gasteiger partial charge in [0, 0.05) is 25.0 Å². The minimum atomic E-state index is 0.220. The van der Waals surface area contributed by atoms with Crippen LogP contribution >= 0.6 is 11.6 Å². The standard InChI is InChI=1S/C11H9ClN4/c1-16-10(12)9(2-5-13)15-11(16)8-3-6-14-7-4-8/h3-4,6-7H,2H2,1H3. The fourth-order valence-electron chi connectivity index (χ4n) is 1.48. The highest BCUT2D eigenvalue weighted by molar-refractivity contribution is 6.30. The molecule has 0 amide bonds. The summed E-state index contributed by atoms with van der Waals surface area (Å²) in [4.78, 5) is 8.29. The van der Waals surface area contributed by atoms with Crippen LogP contribution in [0.2, 0.25) is 5.15 Å². The summed E-state index contributed by atoms with van der Waals surface area (Å²) in [5.41, 5.74) is 1.54. The summed E-state index contributed by atoms with van der Waals surface area (Å²) in [6.07, 6.45) is 3.61. The van der Waals surface area contributed by atoms with Crippen molar-refractivity contribution in [2.45, 2.75) is 6.42 Å². The molecule has 80 valence electrons. The Labute approximate surface area is 98.1 Å². The van der Waals surface area contributed by atoms with Crippen molar-refractivity contribution in [2.75, 3.05) is 0 Å². The van der Waals surface area contributed by atoms with Crippen molar-refractivity contribution in [3.05, 3.63) is 35.4 Å². The summed E-state index contributed by atoms with van der Waals surface area (Å²) >= 11 is 6.08. The van der Waals surface area contributed by atoms with Crippen LogP contribution in [0.15, 0.2) is 24.5 Å². The average Bonchev–Trinajstić information content (AvgIpc) is 2.59. The van der Waals surface area contributed by atoms with Gasteiger partial charge in [-0.3, -0.25) is 4.98 Å². The van der Waals surface area contributed by atoms with Gasteiger partial charge in [-0.25, -0.2) is 4.98 Å². The topological polar surface area (TPSA) is 54.5 Å². The van der Waals surface area contributed by atoms with E-state index in [0.717, 1.165) is 11.4 Å². The van der Waals surface area contributed by atoms with Gasteiger partial charge in [0.15, 0.2) is 0 Å². The van der Waals surface area contributed by atoms with Crippen molar-refractivity contribution < 1.29 is 0 Å². The first kappa shape index (κ1) is 10.7. The summed E-state index contributed by atoms with van der Waals surface area (Å²) in [5.74, 6) is 0.748. The molecule has 0 aromatic carbocycles. The number of imidazole rings is 1. The Balaban J connectivity index is 2.52. The van der Waals surface area contributed by atoms with Gasteiger partial charge in [0.25, 0.3) is 0 Å². The molecule has 0 fully saturated rings. The second-order valence-corrected chi connectivity index (χ2v) is 3.66. The quantitative estimate of drug-likeness (QED) is 0.798. The summed E-state index contributed by atoms with van der Waals surface area (Å²) in [7, 11) is 1.83. The highest BCUT2D eigenvalue weighted by Gasteiger charge is 2.13. The summed E-state index contributed by atoms with van der Waals surface area (Å²) in [6.45, 7) is 0. The van der Waals surface area contributed by atoms with Gasteiger partial charge in [-0.1, -0.05) is 11.6 Å². The van der Waals surface area contributed by atoms with E-state index in [-0.39, 0.29) is 6.42 Å². The molecule has 2 heterocycles. The van der Waals surface area contributed by atoms with Gasteiger partial charge in [0.2, 0.25) is 0 Å². The fraction of sp³-hybridized carbons (Fsp3) is 0.182. The third-order valence-electron chi connectivity index (χ3n) is 2.28. The van der Waals surface area contributed by atoms with E-state index >= 15 is 0 Å². The first-order valence-corrected chi connectivity index (χ1v) is 5.10. The Kier molecular flexibility index (Phi) is 2.88. The SMILES string of the molecule is Cn1c(-c2ccncc2)nc(CC#N)c1Cl. The fourth-order valence-corrected chi connectivity index (χ4v) is 1.67. The van der Waals surface area contributed by atoms with Crippen molar-refractivity contribution in [1.29, 1.82) is 5.26 Å². The normalized spacial score (nSPS) is 10.1. The van der Waals surface area contributed by atoms with Crippen LogP contribution in [0.3, 0.4) is 0 Å². The maximum absolute atomic E-state index is 8.65. The molecule has 2 aromatic rings. The molecule has 0 saturated heterocycles. The number of hydrogen-bond donors (Lipinski definition) is 0. The molecule has 0 aliphatic heterocycles. The van der Waals surface area contributed by atoms with E-state index < -0.39 is 0 Å². The van der Waals surface area contributed by atoms with Crippen LogP contribution < -0.4 is 0 Å². The summed E-state index contributed by atoms with van der Waals surface area (Å²) in [6, 6.07) is 5.76. The summed E-state index contributed by atoms with van der Waals surface area (Å²) < 4.78 is 1.77. The molecule has 0 N–H and O–H groups in total. The highest BCUT2D eigenvalue weighted by atomic mass is 35.5. The zero-order valence-corrected chi connectivity index (χ0v) is 9.44. The third kappa shape index (κ3) is 1.77. The molecule has 0 aliphatic carbocycles. The maximum Gasteiger partial charge on any atom is 0.141 e. The monoisotopic (exact) mass is 232 g/mol. The molecule has 4 nitrogen and oxygen atoms in total. The lowest BCUT2D eigenvalue weighted by Crippen LogP contribution is -1.92. The van der Waals surface area contributed by atoms with Gasteiger partial charge >= 0.3 is 0 Å². The van der Waals surface area contributed by atoms with E-state index in [2.05, 4.69) is 9.97 Å². The van der Waals surface area contributed by atoms with Crippen LogP contribution in [0.4, 0.5) is 0 Å². The third-order valence-corrected chi connectivity index (χ3v) is 2.75. The van der Waals surface area contributed by atoms with Crippen molar-refractivity contribution in [3.63, 3.8) is 0 Å². The number of rotatable bonds is 2. The van der Waals surface area contributed by atoms with Crippen molar-refractivity contribution in [1.82, 2.24) is 14.5 Å². The Hall–Kier alpha value is -1.86. The molecule has 16 heavy (non-hydrogen) atoms. The number of nitriles is 1. The van der Waals surface area contributed by atoms with E-state index in [1.165, 1.54) is 0 Å². The molecule has 2 rings (SSSR count). The molecular weight excluding hydrogens is 224 g/mol. The predicted octanol–water partition coefficient (Wildman–Crippen LogP) is 2.20. The van der Waals surface area contributed by atoms with Gasteiger partial charge in [-0.15, -0.1) is 0 Å². The molecule has 2 aromatic heterocycles. The van der Waals surface area contributed by atoms with Gasteiger partial charge < -0.3 is 4.57 Å². The minimum Gasteiger partial charge on any atom is -0.318 e. The molecule has 5 heteroatoms. The Bertz CT molecular complexity index is 539. The molecule has 0 saturated carbocycles. The lowest BCUT2D eigenvalue weighted by Gasteiger charge is -2.00. The molecule has 0 unspecified atom stereocenters. The van der Waals surface area contributed by atoms with Gasteiger partial charge in [0.05, 0.1) is 18.2 Å². The largest absolute Gasteiger partial charge is 0.318 e. The number of halogens is 1. The van der Waals surface area contributed by atoms with E-state index in [1.807, 2.05) is 25.2 Å². The number of pyridine rings is 1. The number of nitrogens with zero attached hydrogens (tertiary/aromatic N) is 4. The van der Waals surface area contributed by atoms with Crippen LogP contribution in [-0.4, -0.2) is 14.5 Å². The van der Waals surface area contributed by atoms with Crippen LogP contribution in [0.1, 0.15) is 5.69 Å². The van der Waals surface area contributed by atoms with E-state index in [0.29, 0.717) is 10.8 Å². The average molecular weight is 233 g/mol. The van der Waals surface area contributed by atoms with Gasteiger partial charge in [0.1, 0.15) is 11.0 Å². The second-order valence-electron chi connectivity index (χ2n) is 3.30. The zero-order chi connectivity index (χ0) is 11.5. The summed E-state index contributed by atoms with van der Waals surface area (Å²) in [5, 5.41) is 9.15. The first-order chi connectivity index (χ1) is 7.74. The molecule has 0 radical (unpaired) electrons. The van der Waals surface area contributed by atoms with E-state index in [9.17, 15) is 0 Å². The lowest BCUT2D eigenvalue weighted by molar-refractivity contribution is 0.924. The van der Waals surface area contributed by atoms with Crippen molar-refractivity contribution in [3.8, 4) is 17.5 Å². The number of hydrogen-bond acceptors (Lipinski definition) is 3. The van der Waals surface area contributed by atoms with Crippen LogP contribution in [0.25, 0.3) is 11.4 Å². The highest BCUT2D eigenvalue weighted by Crippen LogP contribution is 2.24. The molecule has 0 spiro atoms. The maximum atomic E-state index is 8.65. The van der Waals surface area contributed by atoms with Crippen LogP contribution in [0.5, 0.6) is 0 Å². The van der Waals surface area contributed by atoms with Crippen LogP contribution in [0, 0.1) is 11.3 Å². The number of aromatic nitrogens is 3. The molecule has 0 aliphatic rings. The van der Waals surface area contributed by atoms with Crippen LogP contribution in [-0.2, 0) is 13.5 Å². The van der Waals surface area contributed by atoms with Crippen molar-refractivity contribution in [2.24, 2.45) is 7.05 Å².